The van der Waals surface area contributed by atoms with Gasteiger partial charge in [-0.3, -0.25) is 9.59 Å². The van der Waals surface area contributed by atoms with E-state index in [9.17, 15) is 9.59 Å². The quantitative estimate of drug-likeness (QED) is 0.354. The van der Waals surface area contributed by atoms with Crippen molar-refractivity contribution in [1.29, 1.82) is 0 Å². The molecular formula is C22H27N3O5. The van der Waals surface area contributed by atoms with Crippen LogP contribution in [0.1, 0.15) is 32.8 Å². The molecule has 160 valence electrons. The predicted molar refractivity (Wildman–Crippen MR) is 115 cm³/mol. The average molecular weight is 413 g/mol. The molecule has 2 amide bonds. The lowest BCUT2D eigenvalue weighted by atomic mass is 10.2. The average Bonchev–Trinajstić information content (AvgIpc) is 2.75. The third-order valence-corrected chi connectivity index (χ3v) is 3.74. The summed E-state index contributed by atoms with van der Waals surface area (Å²) in [6, 6.07) is 12.0. The zero-order valence-electron chi connectivity index (χ0n) is 17.4. The van der Waals surface area contributed by atoms with Gasteiger partial charge >= 0.3 is 11.8 Å². The number of anilines is 1. The molecule has 2 N–H and O–H groups in total. The molecule has 0 unspecified atom stereocenters. The van der Waals surface area contributed by atoms with Crippen LogP contribution in [-0.4, -0.2) is 37.8 Å². The highest BCUT2D eigenvalue weighted by Gasteiger charge is 2.13. The van der Waals surface area contributed by atoms with E-state index in [-0.39, 0.29) is 0 Å². The molecule has 0 fully saturated rings. The molecule has 0 heterocycles. The molecule has 2 rings (SSSR count). The van der Waals surface area contributed by atoms with Crippen molar-refractivity contribution in [3.05, 3.63) is 48.0 Å². The molecule has 30 heavy (non-hydrogen) atoms. The Morgan fingerprint density at radius 1 is 0.900 bits per heavy atom. The predicted octanol–water partition coefficient (Wildman–Crippen LogP) is 3.36. The molecule has 0 atom stereocenters. The number of hydrogen-bond acceptors (Lipinski definition) is 6. The van der Waals surface area contributed by atoms with Gasteiger partial charge in [0.2, 0.25) is 0 Å². The molecule has 2 aromatic carbocycles. The Kier molecular flexibility index (Phi) is 9.18. The summed E-state index contributed by atoms with van der Waals surface area (Å²) in [5.41, 5.74) is 3.37. The first-order chi connectivity index (χ1) is 14.6. The monoisotopic (exact) mass is 413 g/mol. The summed E-state index contributed by atoms with van der Waals surface area (Å²) in [6.07, 6.45) is 2.33. The van der Waals surface area contributed by atoms with Gasteiger partial charge < -0.3 is 19.5 Å². The first-order valence-electron chi connectivity index (χ1n) is 9.84. The largest absolute Gasteiger partial charge is 0.494 e. The molecule has 0 aliphatic rings. The van der Waals surface area contributed by atoms with Crippen molar-refractivity contribution in [2.75, 3.05) is 25.1 Å². The highest BCUT2D eigenvalue weighted by Crippen LogP contribution is 2.28. The lowest BCUT2D eigenvalue weighted by Crippen LogP contribution is -2.32. The maximum Gasteiger partial charge on any atom is 0.329 e. The van der Waals surface area contributed by atoms with Crippen LogP contribution in [0.3, 0.4) is 0 Å². The SMILES string of the molecule is CCCOc1ccc(NC(=O)C(=O)N/N=C\c2ccc(OCC)c(OCC)c2)cc1. The van der Waals surface area contributed by atoms with E-state index in [0.717, 1.165) is 6.42 Å². The van der Waals surface area contributed by atoms with Crippen molar-refractivity contribution in [2.24, 2.45) is 5.10 Å². The van der Waals surface area contributed by atoms with Gasteiger partial charge in [0, 0.05) is 5.69 Å². The molecule has 0 aliphatic carbocycles. The van der Waals surface area contributed by atoms with Crippen LogP contribution in [0.25, 0.3) is 0 Å². The van der Waals surface area contributed by atoms with Gasteiger partial charge in [-0.1, -0.05) is 6.92 Å². The summed E-state index contributed by atoms with van der Waals surface area (Å²) in [5, 5.41) is 6.33. The number of amides is 2. The summed E-state index contributed by atoms with van der Waals surface area (Å²) in [7, 11) is 0. The van der Waals surface area contributed by atoms with Crippen LogP contribution in [0.4, 0.5) is 5.69 Å². The zero-order valence-corrected chi connectivity index (χ0v) is 17.4. The Bertz CT molecular complexity index is 866. The van der Waals surface area contributed by atoms with Crippen LogP contribution in [-0.2, 0) is 9.59 Å². The van der Waals surface area contributed by atoms with Crippen molar-refractivity contribution < 1.29 is 23.8 Å². The summed E-state index contributed by atoms with van der Waals surface area (Å²) in [4.78, 5) is 24.0. The number of rotatable bonds is 10. The lowest BCUT2D eigenvalue weighted by Gasteiger charge is -2.11. The number of nitrogens with one attached hydrogen (secondary N) is 2. The first-order valence-corrected chi connectivity index (χ1v) is 9.84. The highest BCUT2D eigenvalue weighted by molar-refractivity contribution is 6.39. The number of carbonyl (C=O) groups excluding carboxylic acids is 2. The molecule has 2 aromatic rings. The molecule has 0 spiro atoms. The maximum absolute atomic E-state index is 12.0. The van der Waals surface area contributed by atoms with E-state index in [1.54, 1.807) is 42.5 Å². The van der Waals surface area contributed by atoms with Crippen LogP contribution >= 0.6 is 0 Å². The zero-order chi connectivity index (χ0) is 21.8. The van der Waals surface area contributed by atoms with Gasteiger partial charge in [0.25, 0.3) is 0 Å². The van der Waals surface area contributed by atoms with Crippen LogP contribution < -0.4 is 25.0 Å². The van der Waals surface area contributed by atoms with Crippen LogP contribution in [0.2, 0.25) is 0 Å². The lowest BCUT2D eigenvalue weighted by molar-refractivity contribution is -0.136. The highest BCUT2D eigenvalue weighted by atomic mass is 16.5. The van der Waals surface area contributed by atoms with E-state index in [2.05, 4.69) is 15.8 Å². The van der Waals surface area contributed by atoms with Gasteiger partial charge in [-0.15, -0.1) is 0 Å². The van der Waals surface area contributed by atoms with Crippen molar-refractivity contribution in [2.45, 2.75) is 27.2 Å². The molecule has 0 aromatic heterocycles. The standard InChI is InChI=1S/C22H27N3O5/c1-4-13-30-18-10-8-17(9-11-18)24-21(26)22(27)25-23-15-16-7-12-19(28-5-2)20(14-16)29-6-3/h7-12,14-15H,4-6,13H2,1-3H3,(H,24,26)(H,25,27)/b23-15-. The molecule has 0 saturated carbocycles. The fourth-order valence-electron chi connectivity index (χ4n) is 2.41. The molecule has 0 bridgehead atoms. The topological polar surface area (TPSA) is 98.2 Å². The second-order valence-electron chi connectivity index (χ2n) is 6.10. The number of hydrogen-bond donors (Lipinski definition) is 2. The fourth-order valence-corrected chi connectivity index (χ4v) is 2.41. The van der Waals surface area contributed by atoms with E-state index < -0.39 is 11.8 Å². The summed E-state index contributed by atoms with van der Waals surface area (Å²) >= 11 is 0. The first kappa shape index (κ1) is 22.7. The maximum atomic E-state index is 12.0. The molecule has 8 nitrogen and oxygen atoms in total. The van der Waals surface area contributed by atoms with Gasteiger partial charge in [0.15, 0.2) is 11.5 Å². The summed E-state index contributed by atoms with van der Waals surface area (Å²) < 4.78 is 16.5. The molecule has 0 radical (unpaired) electrons. The molecule has 8 heteroatoms. The third kappa shape index (κ3) is 7.12. The van der Waals surface area contributed by atoms with Gasteiger partial charge in [-0.2, -0.15) is 5.10 Å². The Labute approximate surface area is 176 Å². The van der Waals surface area contributed by atoms with E-state index in [1.165, 1.54) is 6.21 Å². The molecule has 0 aliphatic heterocycles. The second-order valence-corrected chi connectivity index (χ2v) is 6.10. The normalized spacial score (nSPS) is 10.5. The Hall–Kier alpha value is -3.55. The summed E-state index contributed by atoms with van der Waals surface area (Å²) in [5.74, 6) is 0.208. The molecule has 0 saturated heterocycles. The van der Waals surface area contributed by atoms with Gasteiger partial charge in [0.1, 0.15) is 5.75 Å². The Morgan fingerprint density at radius 3 is 2.27 bits per heavy atom. The Morgan fingerprint density at radius 2 is 1.60 bits per heavy atom. The number of benzene rings is 2. The van der Waals surface area contributed by atoms with Crippen molar-refractivity contribution >= 4 is 23.7 Å². The van der Waals surface area contributed by atoms with Crippen molar-refractivity contribution in [1.82, 2.24) is 5.43 Å². The minimum absolute atomic E-state index is 0.482. The number of nitrogens with zero attached hydrogens (tertiary/aromatic N) is 1. The van der Waals surface area contributed by atoms with Crippen molar-refractivity contribution in [3.63, 3.8) is 0 Å². The summed E-state index contributed by atoms with van der Waals surface area (Å²) in [6.45, 7) is 7.41. The minimum atomic E-state index is -0.881. The number of hydrazone groups is 1. The second kappa shape index (κ2) is 12.1. The van der Waals surface area contributed by atoms with Crippen molar-refractivity contribution in [3.8, 4) is 17.2 Å². The van der Waals surface area contributed by atoms with Gasteiger partial charge in [0.05, 0.1) is 26.0 Å². The minimum Gasteiger partial charge on any atom is -0.494 e. The van der Waals surface area contributed by atoms with Gasteiger partial charge in [-0.05, 0) is 68.3 Å². The van der Waals surface area contributed by atoms with E-state index in [4.69, 9.17) is 14.2 Å². The van der Waals surface area contributed by atoms with Crippen LogP contribution in [0.5, 0.6) is 17.2 Å². The fraction of sp³-hybridized carbons (Fsp3) is 0.318. The van der Waals surface area contributed by atoms with E-state index in [1.807, 2.05) is 20.8 Å². The van der Waals surface area contributed by atoms with E-state index in [0.29, 0.717) is 48.3 Å². The van der Waals surface area contributed by atoms with Gasteiger partial charge in [-0.25, -0.2) is 5.43 Å². The van der Waals surface area contributed by atoms with E-state index >= 15 is 0 Å². The van der Waals surface area contributed by atoms with Crippen LogP contribution in [0, 0.1) is 0 Å². The molecular weight excluding hydrogens is 386 g/mol. The smallest absolute Gasteiger partial charge is 0.329 e. The number of ether oxygens (including phenoxy) is 3. The Balaban J connectivity index is 1.90. The number of carbonyl (C=O) groups is 2. The third-order valence-electron chi connectivity index (χ3n) is 3.74. The van der Waals surface area contributed by atoms with Crippen LogP contribution in [0.15, 0.2) is 47.6 Å².